The van der Waals surface area contributed by atoms with Crippen molar-refractivity contribution >= 4 is 16.5 Å². The lowest BCUT2D eigenvalue weighted by atomic mass is 10.3. The van der Waals surface area contributed by atoms with Gasteiger partial charge in [0.15, 0.2) is 5.13 Å². The second kappa shape index (κ2) is 5.33. The SMILES string of the molecule is C#CCN(CCc1csc(N)n1)CC1CC1. The van der Waals surface area contributed by atoms with Gasteiger partial charge < -0.3 is 5.73 Å². The first-order chi connectivity index (χ1) is 7.78. The summed E-state index contributed by atoms with van der Waals surface area (Å²) in [4.78, 5) is 6.60. The second-order valence-electron chi connectivity index (χ2n) is 4.31. The average molecular weight is 235 g/mol. The molecule has 2 rings (SSSR count). The van der Waals surface area contributed by atoms with E-state index in [1.807, 2.05) is 5.38 Å². The zero-order valence-corrected chi connectivity index (χ0v) is 10.2. The zero-order valence-electron chi connectivity index (χ0n) is 9.35. The van der Waals surface area contributed by atoms with E-state index >= 15 is 0 Å². The number of nitrogens with zero attached hydrogens (tertiary/aromatic N) is 2. The van der Waals surface area contributed by atoms with Gasteiger partial charge in [0.25, 0.3) is 0 Å². The van der Waals surface area contributed by atoms with E-state index in [-0.39, 0.29) is 0 Å². The van der Waals surface area contributed by atoms with E-state index in [1.54, 1.807) is 0 Å². The fourth-order valence-electron chi connectivity index (χ4n) is 1.74. The molecule has 1 saturated carbocycles. The van der Waals surface area contributed by atoms with Crippen molar-refractivity contribution in [2.24, 2.45) is 5.92 Å². The van der Waals surface area contributed by atoms with E-state index in [2.05, 4.69) is 15.8 Å². The van der Waals surface area contributed by atoms with Gasteiger partial charge in [-0.25, -0.2) is 4.98 Å². The first-order valence-corrected chi connectivity index (χ1v) is 6.51. The van der Waals surface area contributed by atoms with Crippen LogP contribution >= 0.6 is 11.3 Å². The van der Waals surface area contributed by atoms with Crippen LogP contribution in [0.1, 0.15) is 18.5 Å². The maximum atomic E-state index is 5.60. The summed E-state index contributed by atoms with van der Waals surface area (Å²) in [6.45, 7) is 2.88. The zero-order chi connectivity index (χ0) is 11.4. The molecule has 0 spiro atoms. The van der Waals surface area contributed by atoms with Gasteiger partial charge in [-0.15, -0.1) is 17.8 Å². The first-order valence-electron chi connectivity index (χ1n) is 5.63. The summed E-state index contributed by atoms with van der Waals surface area (Å²) in [5.74, 6) is 3.61. The van der Waals surface area contributed by atoms with Gasteiger partial charge in [-0.2, -0.15) is 0 Å². The Morgan fingerprint density at radius 1 is 1.62 bits per heavy atom. The topological polar surface area (TPSA) is 42.1 Å². The number of thiazole rings is 1. The lowest BCUT2D eigenvalue weighted by Crippen LogP contribution is -2.28. The fourth-order valence-corrected chi connectivity index (χ4v) is 2.34. The maximum absolute atomic E-state index is 5.60. The van der Waals surface area contributed by atoms with Crippen molar-refractivity contribution in [1.29, 1.82) is 0 Å². The molecule has 0 unspecified atom stereocenters. The van der Waals surface area contributed by atoms with Gasteiger partial charge in [-0.05, 0) is 18.8 Å². The number of hydrogen-bond acceptors (Lipinski definition) is 4. The summed E-state index contributed by atoms with van der Waals surface area (Å²) in [6, 6.07) is 0. The molecule has 1 aliphatic rings. The van der Waals surface area contributed by atoms with E-state index in [0.717, 1.165) is 37.7 Å². The second-order valence-corrected chi connectivity index (χ2v) is 5.20. The largest absolute Gasteiger partial charge is 0.375 e. The number of terminal acetylenes is 1. The summed E-state index contributed by atoms with van der Waals surface area (Å²) in [6.07, 6.45) is 9.05. The van der Waals surface area contributed by atoms with Crippen molar-refractivity contribution in [3.63, 3.8) is 0 Å². The van der Waals surface area contributed by atoms with Crippen LogP contribution in [-0.2, 0) is 6.42 Å². The van der Waals surface area contributed by atoms with Crippen LogP contribution in [0.4, 0.5) is 5.13 Å². The third-order valence-corrected chi connectivity index (χ3v) is 3.50. The fraction of sp³-hybridized carbons (Fsp3) is 0.583. The Bertz CT molecular complexity index is 376. The highest BCUT2D eigenvalue weighted by Gasteiger charge is 2.23. The smallest absolute Gasteiger partial charge is 0.180 e. The molecular formula is C12H17N3S. The van der Waals surface area contributed by atoms with E-state index in [9.17, 15) is 0 Å². The molecule has 0 radical (unpaired) electrons. The van der Waals surface area contributed by atoms with Crippen molar-refractivity contribution in [2.45, 2.75) is 19.3 Å². The minimum Gasteiger partial charge on any atom is -0.375 e. The number of nitrogen functional groups attached to an aromatic ring is 1. The predicted octanol–water partition coefficient (Wildman–Crippen LogP) is 1.61. The van der Waals surface area contributed by atoms with Gasteiger partial charge in [0.05, 0.1) is 12.2 Å². The van der Waals surface area contributed by atoms with E-state index in [0.29, 0.717) is 5.13 Å². The van der Waals surface area contributed by atoms with Gasteiger partial charge in [-0.1, -0.05) is 5.92 Å². The van der Waals surface area contributed by atoms with Crippen LogP contribution in [0.25, 0.3) is 0 Å². The van der Waals surface area contributed by atoms with Gasteiger partial charge in [0, 0.05) is 24.9 Å². The summed E-state index contributed by atoms with van der Waals surface area (Å²) >= 11 is 1.50. The minimum atomic E-state index is 0.653. The monoisotopic (exact) mass is 235 g/mol. The number of aromatic nitrogens is 1. The van der Waals surface area contributed by atoms with Crippen LogP contribution in [0, 0.1) is 18.3 Å². The third-order valence-electron chi connectivity index (χ3n) is 2.78. The van der Waals surface area contributed by atoms with Gasteiger partial charge >= 0.3 is 0 Å². The molecule has 1 aromatic rings. The van der Waals surface area contributed by atoms with E-state index in [1.165, 1.54) is 24.2 Å². The maximum Gasteiger partial charge on any atom is 0.180 e. The Balaban J connectivity index is 1.78. The molecule has 16 heavy (non-hydrogen) atoms. The van der Waals surface area contributed by atoms with Crippen LogP contribution < -0.4 is 5.73 Å². The van der Waals surface area contributed by atoms with Crippen molar-refractivity contribution in [3.05, 3.63) is 11.1 Å². The van der Waals surface area contributed by atoms with Crippen molar-refractivity contribution in [1.82, 2.24) is 9.88 Å². The molecule has 0 bridgehead atoms. The highest BCUT2D eigenvalue weighted by molar-refractivity contribution is 7.13. The minimum absolute atomic E-state index is 0.653. The summed E-state index contributed by atoms with van der Waals surface area (Å²) in [5.41, 5.74) is 6.68. The Morgan fingerprint density at radius 2 is 2.44 bits per heavy atom. The van der Waals surface area contributed by atoms with E-state index in [4.69, 9.17) is 12.2 Å². The lowest BCUT2D eigenvalue weighted by molar-refractivity contribution is 0.297. The highest BCUT2D eigenvalue weighted by Crippen LogP contribution is 2.29. The molecule has 1 fully saturated rings. The lowest BCUT2D eigenvalue weighted by Gasteiger charge is -2.18. The Labute approximate surface area is 101 Å². The molecule has 0 aromatic carbocycles. The highest BCUT2D eigenvalue weighted by atomic mass is 32.1. The molecule has 4 heteroatoms. The molecule has 1 heterocycles. The summed E-state index contributed by atoms with van der Waals surface area (Å²) in [5, 5.41) is 2.68. The Kier molecular flexibility index (Phi) is 3.81. The third kappa shape index (κ3) is 3.51. The number of hydrogen-bond donors (Lipinski definition) is 1. The van der Waals surface area contributed by atoms with Crippen molar-refractivity contribution in [2.75, 3.05) is 25.4 Å². The van der Waals surface area contributed by atoms with Crippen LogP contribution in [0.5, 0.6) is 0 Å². The van der Waals surface area contributed by atoms with Crippen molar-refractivity contribution < 1.29 is 0 Å². The molecular weight excluding hydrogens is 218 g/mol. The molecule has 2 N–H and O–H groups in total. The van der Waals surface area contributed by atoms with Crippen LogP contribution in [-0.4, -0.2) is 29.5 Å². The summed E-state index contributed by atoms with van der Waals surface area (Å²) < 4.78 is 0. The average Bonchev–Trinajstić information content (AvgIpc) is 2.97. The molecule has 3 nitrogen and oxygen atoms in total. The summed E-state index contributed by atoms with van der Waals surface area (Å²) in [7, 11) is 0. The van der Waals surface area contributed by atoms with Gasteiger partial charge in [0.1, 0.15) is 0 Å². The standard InChI is InChI=1S/C12H17N3S/c1-2-6-15(8-10-3-4-10)7-5-11-9-16-12(13)14-11/h1,9-10H,3-8H2,(H2,13,14). The molecule has 0 saturated heterocycles. The van der Waals surface area contributed by atoms with Crippen LogP contribution in [0.2, 0.25) is 0 Å². The van der Waals surface area contributed by atoms with Crippen LogP contribution in [0.15, 0.2) is 5.38 Å². The van der Waals surface area contributed by atoms with E-state index < -0.39 is 0 Å². The molecule has 1 aromatic heterocycles. The molecule has 0 amide bonds. The quantitative estimate of drug-likeness (QED) is 0.762. The van der Waals surface area contributed by atoms with Gasteiger partial charge in [0.2, 0.25) is 0 Å². The normalized spacial score (nSPS) is 15.2. The number of rotatable bonds is 6. The van der Waals surface area contributed by atoms with Crippen molar-refractivity contribution in [3.8, 4) is 12.3 Å². The Morgan fingerprint density at radius 3 is 3.00 bits per heavy atom. The predicted molar refractivity (Wildman–Crippen MR) is 68.2 cm³/mol. The molecule has 0 atom stereocenters. The Hall–Kier alpha value is -1.05. The molecule has 0 aliphatic heterocycles. The van der Waals surface area contributed by atoms with Gasteiger partial charge in [-0.3, -0.25) is 4.90 Å². The number of nitrogens with two attached hydrogens (primary N) is 1. The molecule has 86 valence electrons. The number of anilines is 1. The molecule has 1 aliphatic carbocycles. The first kappa shape index (κ1) is 11.4. The van der Waals surface area contributed by atoms with Crippen LogP contribution in [0.3, 0.4) is 0 Å².